The van der Waals surface area contributed by atoms with Gasteiger partial charge in [0.2, 0.25) is 5.91 Å². The molecule has 138 valence electrons. The van der Waals surface area contributed by atoms with E-state index in [0.29, 0.717) is 28.4 Å². The molecule has 26 heavy (non-hydrogen) atoms. The second-order valence-corrected chi connectivity index (χ2v) is 6.18. The zero-order valence-corrected chi connectivity index (χ0v) is 15.7. The zero-order chi connectivity index (χ0) is 19.3. The van der Waals surface area contributed by atoms with Gasteiger partial charge in [0.1, 0.15) is 11.5 Å². The van der Waals surface area contributed by atoms with Crippen LogP contribution < -0.4 is 20.1 Å². The minimum atomic E-state index is -0.277. The molecule has 2 aromatic carbocycles. The fraction of sp³-hybridized carbons (Fsp3) is 0.300. The average molecular weight is 356 g/mol. The summed E-state index contributed by atoms with van der Waals surface area (Å²) >= 11 is 0. The summed E-state index contributed by atoms with van der Waals surface area (Å²) in [5.41, 5.74) is 2.56. The molecule has 0 radical (unpaired) electrons. The number of rotatable bonds is 6. The summed E-state index contributed by atoms with van der Waals surface area (Å²) in [6, 6.07) is 10.3. The number of carbonyl (C=O) groups is 2. The first-order chi connectivity index (χ1) is 12.3. The Balaban J connectivity index is 2.14. The van der Waals surface area contributed by atoms with Crippen LogP contribution in [0.4, 0.5) is 11.4 Å². The van der Waals surface area contributed by atoms with Crippen LogP contribution in [0, 0.1) is 12.8 Å². The van der Waals surface area contributed by atoms with Crippen molar-refractivity contribution in [1.82, 2.24) is 0 Å². The van der Waals surface area contributed by atoms with Crippen molar-refractivity contribution in [2.45, 2.75) is 20.8 Å². The van der Waals surface area contributed by atoms with E-state index in [2.05, 4.69) is 10.6 Å². The van der Waals surface area contributed by atoms with E-state index >= 15 is 0 Å². The Morgan fingerprint density at radius 2 is 1.35 bits per heavy atom. The molecule has 2 rings (SSSR count). The number of ether oxygens (including phenoxy) is 2. The summed E-state index contributed by atoms with van der Waals surface area (Å²) in [6.45, 7) is 5.52. The summed E-state index contributed by atoms with van der Waals surface area (Å²) in [7, 11) is 3.10. The summed E-state index contributed by atoms with van der Waals surface area (Å²) in [4.78, 5) is 24.2. The van der Waals surface area contributed by atoms with Gasteiger partial charge in [0.05, 0.1) is 14.2 Å². The molecule has 2 amide bonds. The van der Waals surface area contributed by atoms with Gasteiger partial charge in [-0.1, -0.05) is 13.8 Å². The van der Waals surface area contributed by atoms with Gasteiger partial charge in [-0.25, -0.2) is 0 Å². The molecule has 0 aliphatic heterocycles. The summed E-state index contributed by atoms with van der Waals surface area (Å²) in [5, 5.41) is 5.63. The van der Waals surface area contributed by atoms with Gasteiger partial charge in [0.25, 0.3) is 5.91 Å². The molecule has 0 saturated carbocycles. The number of hydrogen-bond acceptors (Lipinski definition) is 4. The Labute approximate surface area is 153 Å². The van der Waals surface area contributed by atoms with Crippen molar-refractivity contribution in [3.05, 3.63) is 47.5 Å². The van der Waals surface area contributed by atoms with Crippen molar-refractivity contribution in [3.8, 4) is 11.5 Å². The SMILES string of the molecule is COc1cc(C(=O)Nc2ccc(NC(=O)C(C)C)cc2)cc(OC)c1C. The van der Waals surface area contributed by atoms with E-state index in [1.807, 2.05) is 20.8 Å². The Kier molecular flexibility index (Phi) is 6.22. The van der Waals surface area contributed by atoms with Crippen LogP contribution in [0.1, 0.15) is 29.8 Å². The monoisotopic (exact) mass is 356 g/mol. The first-order valence-electron chi connectivity index (χ1n) is 8.30. The predicted octanol–water partition coefficient (Wildman–Crippen LogP) is 3.86. The number of benzene rings is 2. The molecule has 0 fully saturated rings. The third-order valence-electron chi connectivity index (χ3n) is 3.95. The molecule has 0 atom stereocenters. The van der Waals surface area contributed by atoms with Crippen LogP contribution in [0.25, 0.3) is 0 Å². The molecule has 0 aliphatic rings. The number of carbonyl (C=O) groups excluding carboxylic acids is 2. The van der Waals surface area contributed by atoms with Crippen LogP contribution in [-0.2, 0) is 4.79 Å². The highest BCUT2D eigenvalue weighted by Crippen LogP contribution is 2.29. The van der Waals surface area contributed by atoms with E-state index in [1.54, 1.807) is 50.6 Å². The van der Waals surface area contributed by atoms with E-state index in [1.165, 1.54) is 0 Å². The fourth-order valence-corrected chi connectivity index (χ4v) is 2.34. The molecule has 0 aliphatic carbocycles. The minimum Gasteiger partial charge on any atom is -0.496 e. The quantitative estimate of drug-likeness (QED) is 0.824. The molecule has 0 unspecified atom stereocenters. The van der Waals surface area contributed by atoms with Crippen molar-refractivity contribution in [1.29, 1.82) is 0 Å². The molecule has 6 nitrogen and oxygen atoms in total. The predicted molar refractivity (Wildman–Crippen MR) is 102 cm³/mol. The third kappa shape index (κ3) is 4.53. The highest BCUT2D eigenvalue weighted by atomic mass is 16.5. The number of methoxy groups -OCH3 is 2. The van der Waals surface area contributed by atoms with Crippen molar-refractivity contribution < 1.29 is 19.1 Å². The first kappa shape index (κ1) is 19.3. The molecule has 0 aromatic heterocycles. The lowest BCUT2D eigenvalue weighted by molar-refractivity contribution is -0.118. The van der Waals surface area contributed by atoms with Gasteiger partial charge >= 0.3 is 0 Å². The van der Waals surface area contributed by atoms with Gasteiger partial charge in [-0.05, 0) is 43.3 Å². The second-order valence-electron chi connectivity index (χ2n) is 6.18. The van der Waals surface area contributed by atoms with E-state index in [9.17, 15) is 9.59 Å². The molecular weight excluding hydrogens is 332 g/mol. The molecule has 0 bridgehead atoms. The van der Waals surface area contributed by atoms with E-state index in [0.717, 1.165) is 5.56 Å². The lowest BCUT2D eigenvalue weighted by Crippen LogP contribution is -2.17. The van der Waals surface area contributed by atoms with Crippen LogP contribution in [-0.4, -0.2) is 26.0 Å². The largest absolute Gasteiger partial charge is 0.496 e. The normalized spacial score (nSPS) is 10.4. The Bertz CT molecular complexity index is 773. The average Bonchev–Trinajstić information content (AvgIpc) is 2.63. The molecule has 0 spiro atoms. The summed E-state index contributed by atoms with van der Waals surface area (Å²) in [5.74, 6) is 0.740. The number of hydrogen-bond donors (Lipinski definition) is 2. The lowest BCUT2D eigenvalue weighted by atomic mass is 10.1. The van der Waals surface area contributed by atoms with Crippen LogP contribution in [0.3, 0.4) is 0 Å². The third-order valence-corrected chi connectivity index (χ3v) is 3.95. The maximum absolute atomic E-state index is 12.5. The molecular formula is C20H24N2O4. The Hall–Kier alpha value is -3.02. The van der Waals surface area contributed by atoms with Gasteiger partial charge in [-0.2, -0.15) is 0 Å². The van der Waals surface area contributed by atoms with Crippen molar-refractivity contribution in [2.24, 2.45) is 5.92 Å². The van der Waals surface area contributed by atoms with Crippen molar-refractivity contribution in [2.75, 3.05) is 24.9 Å². The molecule has 2 aromatic rings. The number of nitrogens with one attached hydrogen (secondary N) is 2. The van der Waals surface area contributed by atoms with Crippen molar-refractivity contribution >= 4 is 23.2 Å². The van der Waals surface area contributed by atoms with Crippen LogP contribution >= 0.6 is 0 Å². The molecule has 2 N–H and O–H groups in total. The van der Waals surface area contributed by atoms with E-state index in [-0.39, 0.29) is 17.7 Å². The lowest BCUT2D eigenvalue weighted by Gasteiger charge is -2.13. The number of amides is 2. The van der Waals surface area contributed by atoms with Gasteiger partial charge in [-0.3, -0.25) is 9.59 Å². The molecule has 0 heterocycles. The summed E-state index contributed by atoms with van der Waals surface area (Å²) < 4.78 is 10.6. The maximum atomic E-state index is 12.5. The molecule has 6 heteroatoms. The zero-order valence-electron chi connectivity index (χ0n) is 15.7. The van der Waals surface area contributed by atoms with E-state index < -0.39 is 0 Å². The number of anilines is 2. The highest BCUT2D eigenvalue weighted by Gasteiger charge is 2.14. The van der Waals surface area contributed by atoms with Crippen molar-refractivity contribution in [3.63, 3.8) is 0 Å². The fourth-order valence-electron chi connectivity index (χ4n) is 2.34. The molecule has 0 saturated heterocycles. The van der Waals surface area contributed by atoms with E-state index in [4.69, 9.17) is 9.47 Å². The van der Waals surface area contributed by atoms with Gasteiger partial charge in [0, 0.05) is 28.4 Å². The topological polar surface area (TPSA) is 76.7 Å². The minimum absolute atomic E-state index is 0.0550. The maximum Gasteiger partial charge on any atom is 0.255 e. The van der Waals surface area contributed by atoms with Crippen LogP contribution in [0.15, 0.2) is 36.4 Å². The highest BCUT2D eigenvalue weighted by molar-refractivity contribution is 6.05. The smallest absolute Gasteiger partial charge is 0.255 e. The standard InChI is InChI=1S/C20H24N2O4/c1-12(2)19(23)21-15-6-8-16(9-7-15)22-20(24)14-10-17(25-4)13(3)18(11-14)26-5/h6-12H,1-5H3,(H,21,23)(H,22,24). The van der Waals surface area contributed by atoms with Crippen LogP contribution in [0.2, 0.25) is 0 Å². The first-order valence-corrected chi connectivity index (χ1v) is 8.30. The Morgan fingerprint density at radius 1 is 0.885 bits per heavy atom. The summed E-state index contributed by atoms with van der Waals surface area (Å²) in [6.07, 6.45) is 0. The van der Waals surface area contributed by atoms with Gasteiger partial charge in [0.15, 0.2) is 0 Å². The Morgan fingerprint density at radius 3 is 1.77 bits per heavy atom. The second kappa shape index (κ2) is 8.38. The van der Waals surface area contributed by atoms with Crippen LogP contribution in [0.5, 0.6) is 11.5 Å². The van der Waals surface area contributed by atoms with Gasteiger partial charge in [-0.15, -0.1) is 0 Å². The van der Waals surface area contributed by atoms with Gasteiger partial charge < -0.3 is 20.1 Å².